The second-order valence-corrected chi connectivity index (χ2v) is 6.14. The van der Waals surface area contributed by atoms with Gasteiger partial charge in [-0.15, -0.1) is 0 Å². The average Bonchev–Trinajstić information content (AvgIpc) is 2.43. The third kappa shape index (κ3) is 3.29. The zero-order chi connectivity index (χ0) is 14.6. The number of sulfonamides is 1. The van der Waals surface area contributed by atoms with Crippen LogP contribution in [-0.4, -0.2) is 34.6 Å². The molecule has 0 aromatic heterocycles. The van der Waals surface area contributed by atoms with Crippen LogP contribution in [0.2, 0.25) is 0 Å². The van der Waals surface area contributed by atoms with Crippen molar-refractivity contribution >= 4 is 21.7 Å². The van der Waals surface area contributed by atoms with Gasteiger partial charge in [0.15, 0.2) is 0 Å². The Kier molecular flexibility index (Phi) is 4.61. The van der Waals surface area contributed by atoms with Crippen LogP contribution < -0.4 is 10.0 Å². The summed E-state index contributed by atoms with van der Waals surface area (Å²) in [6.45, 7) is 3.09. The van der Waals surface area contributed by atoms with Crippen LogP contribution in [-0.2, 0) is 21.2 Å². The van der Waals surface area contributed by atoms with Crippen LogP contribution in [0.1, 0.15) is 18.9 Å². The molecule has 1 aliphatic rings. The number of methoxy groups -OCH3 is 1. The molecule has 110 valence electrons. The minimum absolute atomic E-state index is 0.262. The number of rotatable bonds is 5. The molecule has 6 nitrogen and oxygen atoms in total. The molecule has 2 rings (SSSR count). The summed E-state index contributed by atoms with van der Waals surface area (Å²) in [4.78, 5) is 4.46. The molecule has 1 aromatic rings. The van der Waals surface area contributed by atoms with Crippen LogP contribution in [0.3, 0.4) is 0 Å². The highest BCUT2D eigenvalue weighted by Gasteiger charge is 2.26. The Hall–Kier alpha value is -1.60. The van der Waals surface area contributed by atoms with E-state index in [-0.39, 0.29) is 10.9 Å². The molecule has 7 heteroatoms. The maximum atomic E-state index is 12.2. The van der Waals surface area contributed by atoms with Crippen molar-refractivity contribution in [2.45, 2.75) is 24.7 Å². The largest absolute Gasteiger partial charge is 0.385 e. The van der Waals surface area contributed by atoms with Gasteiger partial charge in [0.1, 0.15) is 4.90 Å². The SMILES string of the molecule is CCc1ccc2c(c1)S(=O)(=O)NC(=NCCCOC)N2. The number of guanidine groups is 1. The highest BCUT2D eigenvalue weighted by atomic mass is 32.2. The minimum Gasteiger partial charge on any atom is -0.385 e. The first-order valence-electron chi connectivity index (χ1n) is 6.53. The highest BCUT2D eigenvalue weighted by molar-refractivity contribution is 7.90. The van der Waals surface area contributed by atoms with Crippen LogP contribution in [0.25, 0.3) is 0 Å². The Morgan fingerprint density at radius 1 is 1.35 bits per heavy atom. The van der Waals surface area contributed by atoms with Crippen LogP contribution >= 0.6 is 0 Å². The summed E-state index contributed by atoms with van der Waals surface area (Å²) in [6.07, 6.45) is 1.53. The first-order chi connectivity index (χ1) is 9.56. The van der Waals surface area contributed by atoms with E-state index in [9.17, 15) is 8.42 Å². The third-order valence-electron chi connectivity index (χ3n) is 3.00. The van der Waals surface area contributed by atoms with E-state index in [0.29, 0.717) is 18.8 Å². The molecule has 0 aliphatic carbocycles. The van der Waals surface area contributed by atoms with Gasteiger partial charge in [0.2, 0.25) is 5.96 Å². The molecular weight excluding hydrogens is 278 g/mol. The number of benzene rings is 1. The van der Waals surface area contributed by atoms with E-state index >= 15 is 0 Å². The fraction of sp³-hybridized carbons (Fsp3) is 0.462. The molecule has 0 spiro atoms. The van der Waals surface area contributed by atoms with Crippen LogP contribution in [0.4, 0.5) is 5.69 Å². The normalized spacial score (nSPS) is 18.2. The zero-order valence-electron chi connectivity index (χ0n) is 11.6. The molecule has 0 fully saturated rings. The van der Waals surface area contributed by atoms with Crippen molar-refractivity contribution in [3.8, 4) is 0 Å². The summed E-state index contributed by atoms with van der Waals surface area (Å²) in [7, 11) is -1.92. The molecule has 0 saturated carbocycles. The van der Waals surface area contributed by atoms with Crippen molar-refractivity contribution in [1.29, 1.82) is 0 Å². The van der Waals surface area contributed by atoms with E-state index in [1.54, 1.807) is 19.2 Å². The Bertz CT molecular complexity index is 611. The smallest absolute Gasteiger partial charge is 0.266 e. The van der Waals surface area contributed by atoms with Gasteiger partial charge in [-0.1, -0.05) is 13.0 Å². The number of fused-ring (bicyclic) bond motifs is 1. The van der Waals surface area contributed by atoms with E-state index in [1.807, 2.05) is 13.0 Å². The molecule has 1 heterocycles. The fourth-order valence-corrected chi connectivity index (χ4v) is 3.11. The predicted octanol–water partition coefficient (Wildman–Crippen LogP) is 1.35. The minimum atomic E-state index is -3.54. The quantitative estimate of drug-likeness (QED) is 0.804. The standard InChI is InChI=1S/C13H19N3O3S/c1-3-10-5-6-11-12(9-10)20(17,18)16-13(15-11)14-7-4-8-19-2/h5-6,9H,3-4,7-8H2,1-2H3,(H2,14,15,16). The van der Waals surface area contributed by atoms with Gasteiger partial charge in [0, 0.05) is 20.3 Å². The molecule has 0 unspecified atom stereocenters. The Balaban J connectivity index is 2.22. The number of anilines is 1. The van der Waals surface area contributed by atoms with Gasteiger partial charge in [-0.2, -0.15) is 0 Å². The topological polar surface area (TPSA) is 79.8 Å². The molecule has 2 N–H and O–H groups in total. The number of aliphatic imine (C=N–C) groups is 1. The molecule has 1 aromatic carbocycles. The predicted molar refractivity (Wildman–Crippen MR) is 78.6 cm³/mol. The maximum absolute atomic E-state index is 12.2. The second-order valence-electron chi connectivity index (χ2n) is 4.49. The average molecular weight is 297 g/mol. The zero-order valence-corrected chi connectivity index (χ0v) is 12.5. The molecule has 0 atom stereocenters. The summed E-state index contributed by atoms with van der Waals surface area (Å²) >= 11 is 0. The van der Waals surface area contributed by atoms with E-state index < -0.39 is 10.0 Å². The number of ether oxygens (including phenoxy) is 1. The molecule has 0 bridgehead atoms. The van der Waals surface area contributed by atoms with Gasteiger partial charge in [0.05, 0.1) is 5.69 Å². The van der Waals surface area contributed by atoms with Crippen molar-refractivity contribution in [2.24, 2.45) is 4.99 Å². The number of aryl methyl sites for hydroxylation is 1. The van der Waals surface area contributed by atoms with Gasteiger partial charge in [-0.25, -0.2) is 13.1 Å². The monoisotopic (exact) mass is 297 g/mol. The first-order valence-corrected chi connectivity index (χ1v) is 8.01. The van der Waals surface area contributed by atoms with E-state index in [4.69, 9.17) is 4.74 Å². The van der Waals surface area contributed by atoms with Crippen molar-refractivity contribution in [1.82, 2.24) is 4.72 Å². The van der Waals surface area contributed by atoms with E-state index in [1.165, 1.54) is 0 Å². The van der Waals surface area contributed by atoms with Crippen molar-refractivity contribution < 1.29 is 13.2 Å². The summed E-state index contributed by atoms with van der Waals surface area (Å²) in [5.74, 6) is 0.262. The van der Waals surface area contributed by atoms with Gasteiger partial charge in [-0.3, -0.25) is 4.99 Å². The van der Waals surface area contributed by atoms with E-state index in [2.05, 4.69) is 15.0 Å². The summed E-state index contributed by atoms with van der Waals surface area (Å²) in [6, 6.07) is 5.37. The third-order valence-corrected chi connectivity index (χ3v) is 4.38. The van der Waals surface area contributed by atoms with Crippen LogP contribution in [0, 0.1) is 0 Å². The summed E-state index contributed by atoms with van der Waals surface area (Å²) in [5, 5.41) is 3.00. The second kappa shape index (κ2) is 6.23. The lowest BCUT2D eigenvalue weighted by Crippen LogP contribution is -2.41. The number of hydrogen-bond acceptors (Lipinski definition) is 4. The fourth-order valence-electron chi connectivity index (χ4n) is 1.92. The van der Waals surface area contributed by atoms with Gasteiger partial charge in [0.25, 0.3) is 10.0 Å². The van der Waals surface area contributed by atoms with Crippen molar-refractivity contribution in [2.75, 3.05) is 25.6 Å². The summed E-state index contributed by atoms with van der Waals surface area (Å²) < 4.78 is 31.7. The Morgan fingerprint density at radius 3 is 2.85 bits per heavy atom. The van der Waals surface area contributed by atoms with Gasteiger partial charge in [-0.05, 0) is 30.5 Å². The van der Waals surface area contributed by atoms with Gasteiger partial charge >= 0.3 is 0 Å². The molecule has 20 heavy (non-hydrogen) atoms. The van der Waals surface area contributed by atoms with Crippen molar-refractivity contribution in [3.63, 3.8) is 0 Å². The number of nitrogens with one attached hydrogen (secondary N) is 2. The van der Waals surface area contributed by atoms with Crippen LogP contribution in [0.15, 0.2) is 28.1 Å². The Labute approximate surface area is 119 Å². The highest BCUT2D eigenvalue weighted by Crippen LogP contribution is 2.25. The number of hydrogen-bond donors (Lipinski definition) is 2. The molecule has 0 amide bonds. The first kappa shape index (κ1) is 14.8. The lowest BCUT2D eigenvalue weighted by Gasteiger charge is -2.22. The summed E-state index contributed by atoms with van der Waals surface area (Å²) in [5.41, 5.74) is 1.54. The molecule has 0 radical (unpaired) electrons. The van der Waals surface area contributed by atoms with Gasteiger partial charge < -0.3 is 10.1 Å². The van der Waals surface area contributed by atoms with E-state index in [0.717, 1.165) is 18.4 Å². The molecular formula is C13H19N3O3S. The van der Waals surface area contributed by atoms with Crippen molar-refractivity contribution in [3.05, 3.63) is 23.8 Å². The lowest BCUT2D eigenvalue weighted by atomic mass is 10.1. The number of nitrogens with zero attached hydrogens (tertiary/aromatic N) is 1. The molecule has 0 saturated heterocycles. The Morgan fingerprint density at radius 2 is 2.15 bits per heavy atom. The maximum Gasteiger partial charge on any atom is 0.266 e. The molecule has 1 aliphatic heterocycles. The lowest BCUT2D eigenvalue weighted by molar-refractivity contribution is 0.197. The van der Waals surface area contributed by atoms with Crippen LogP contribution in [0.5, 0.6) is 0 Å².